The van der Waals surface area contributed by atoms with Crippen LogP contribution in [0.4, 0.5) is 5.69 Å². The molecular formula is C19H30N4O3S. The zero-order valence-corrected chi connectivity index (χ0v) is 17.1. The molecule has 1 amide bonds. The summed E-state index contributed by atoms with van der Waals surface area (Å²) >= 11 is 0. The standard InChI is InChI=1S/C19H30N4O3S/c1-14(10-11-27(3,25)26)22-19(20-2)21-13-15-6-4-9-17(12-15)23-18(24)16-7-5-8-16/h4,6,9,12,14,16H,5,7-8,10-11,13H2,1-3H3,(H,23,24)(H2,20,21,22). The number of sulfone groups is 1. The van der Waals surface area contributed by atoms with Crippen LogP contribution in [0.3, 0.4) is 0 Å². The number of nitrogens with zero attached hydrogens (tertiary/aromatic N) is 1. The summed E-state index contributed by atoms with van der Waals surface area (Å²) in [5.41, 5.74) is 1.82. The summed E-state index contributed by atoms with van der Waals surface area (Å²) in [7, 11) is -1.30. The number of benzene rings is 1. The highest BCUT2D eigenvalue weighted by Crippen LogP contribution is 2.27. The van der Waals surface area contributed by atoms with E-state index in [1.165, 1.54) is 6.26 Å². The van der Waals surface area contributed by atoms with Gasteiger partial charge in [0, 0.05) is 37.5 Å². The second-order valence-electron chi connectivity index (χ2n) is 7.21. The third-order valence-electron chi connectivity index (χ3n) is 4.66. The van der Waals surface area contributed by atoms with Crippen molar-refractivity contribution in [3.05, 3.63) is 29.8 Å². The summed E-state index contributed by atoms with van der Waals surface area (Å²) in [5.74, 6) is 1.01. The molecule has 1 fully saturated rings. The van der Waals surface area contributed by atoms with E-state index in [4.69, 9.17) is 0 Å². The first kappa shape index (κ1) is 21.2. The number of carbonyl (C=O) groups excluding carboxylic acids is 1. The number of amides is 1. The highest BCUT2D eigenvalue weighted by molar-refractivity contribution is 7.90. The van der Waals surface area contributed by atoms with E-state index in [2.05, 4.69) is 20.9 Å². The van der Waals surface area contributed by atoms with Crippen molar-refractivity contribution in [3.8, 4) is 0 Å². The lowest BCUT2D eigenvalue weighted by Crippen LogP contribution is -2.42. The molecule has 0 radical (unpaired) electrons. The van der Waals surface area contributed by atoms with E-state index in [9.17, 15) is 13.2 Å². The Balaban J connectivity index is 1.83. The predicted octanol–water partition coefficient (Wildman–Crippen LogP) is 1.91. The number of rotatable bonds is 8. The minimum atomic E-state index is -2.97. The molecule has 0 heterocycles. The first-order valence-electron chi connectivity index (χ1n) is 9.31. The third kappa shape index (κ3) is 7.58. The van der Waals surface area contributed by atoms with Gasteiger partial charge in [0.05, 0.1) is 5.75 Å². The number of aliphatic imine (C=N–C) groups is 1. The van der Waals surface area contributed by atoms with Gasteiger partial charge < -0.3 is 16.0 Å². The minimum absolute atomic E-state index is 0.0148. The molecule has 2 rings (SSSR count). The zero-order chi connectivity index (χ0) is 19.9. The molecule has 1 aromatic rings. The van der Waals surface area contributed by atoms with Crippen LogP contribution in [-0.2, 0) is 21.2 Å². The van der Waals surface area contributed by atoms with Gasteiger partial charge in [-0.3, -0.25) is 9.79 Å². The molecule has 7 nitrogen and oxygen atoms in total. The van der Waals surface area contributed by atoms with Gasteiger partial charge in [-0.1, -0.05) is 18.6 Å². The van der Waals surface area contributed by atoms with E-state index >= 15 is 0 Å². The van der Waals surface area contributed by atoms with Crippen LogP contribution in [0, 0.1) is 5.92 Å². The summed E-state index contributed by atoms with van der Waals surface area (Å²) in [6, 6.07) is 7.72. The summed E-state index contributed by atoms with van der Waals surface area (Å²) in [4.78, 5) is 16.2. The lowest BCUT2D eigenvalue weighted by atomic mass is 9.85. The summed E-state index contributed by atoms with van der Waals surface area (Å²) in [6.45, 7) is 2.47. The number of guanidine groups is 1. The second kappa shape index (κ2) is 9.73. The van der Waals surface area contributed by atoms with Crippen molar-refractivity contribution in [1.29, 1.82) is 0 Å². The molecule has 1 saturated carbocycles. The number of hydrogen-bond donors (Lipinski definition) is 3. The van der Waals surface area contributed by atoms with Gasteiger partial charge in [0.25, 0.3) is 0 Å². The van der Waals surface area contributed by atoms with Crippen LogP contribution in [0.2, 0.25) is 0 Å². The third-order valence-corrected chi connectivity index (χ3v) is 5.64. The van der Waals surface area contributed by atoms with Gasteiger partial charge in [-0.05, 0) is 43.9 Å². The van der Waals surface area contributed by atoms with Gasteiger partial charge in [-0.2, -0.15) is 0 Å². The summed E-state index contributed by atoms with van der Waals surface area (Å²) in [5, 5.41) is 9.39. The van der Waals surface area contributed by atoms with Crippen LogP contribution in [-0.4, -0.2) is 45.4 Å². The normalized spacial score (nSPS) is 16.3. The number of hydrogen-bond acceptors (Lipinski definition) is 4. The Hall–Kier alpha value is -2.09. The first-order valence-corrected chi connectivity index (χ1v) is 11.4. The largest absolute Gasteiger partial charge is 0.354 e. The molecule has 1 aromatic carbocycles. The monoisotopic (exact) mass is 394 g/mol. The van der Waals surface area contributed by atoms with Crippen LogP contribution in [0.1, 0.15) is 38.2 Å². The fraction of sp³-hybridized carbons (Fsp3) is 0.579. The van der Waals surface area contributed by atoms with E-state index in [0.29, 0.717) is 18.9 Å². The van der Waals surface area contributed by atoms with Crippen LogP contribution >= 0.6 is 0 Å². The number of anilines is 1. The fourth-order valence-corrected chi connectivity index (χ4v) is 3.53. The predicted molar refractivity (Wildman–Crippen MR) is 110 cm³/mol. The lowest BCUT2D eigenvalue weighted by molar-refractivity contribution is -0.122. The van der Waals surface area contributed by atoms with Gasteiger partial charge in [-0.25, -0.2) is 8.42 Å². The maximum absolute atomic E-state index is 12.1. The summed E-state index contributed by atoms with van der Waals surface area (Å²) in [6.07, 6.45) is 4.85. The molecule has 0 aromatic heterocycles. The first-order chi connectivity index (χ1) is 12.8. The smallest absolute Gasteiger partial charge is 0.227 e. The average molecular weight is 395 g/mol. The summed E-state index contributed by atoms with van der Waals surface area (Å²) < 4.78 is 22.5. The van der Waals surface area contributed by atoms with Gasteiger partial charge in [-0.15, -0.1) is 0 Å². The molecule has 0 spiro atoms. The SMILES string of the molecule is CN=C(NCc1cccc(NC(=O)C2CCC2)c1)NC(C)CCS(C)(=O)=O. The van der Waals surface area contributed by atoms with E-state index in [1.807, 2.05) is 31.2 Å². The van der Waals surface area contributed by atoms with Crippen molar-refractivity contribution < 1.29 is 13.2 Å². The van der Waals surface area contributed by atoms with Crippen LogP contribution in [0.25, 0.3) is 0 Å². The van der Waals surface area contributed by atoms with E-state index in [1.54, 1.807) is 7.05 Å². The molecule has 150 valence electrons. The Bertz CT molecular complexity index is 773. The van der Waals surface area contributed by atoms with E-state index < -0.39 is 9.84 Å². The van der Waals surface area contributed by atoms with Crippen molar-refractivity contribution in [3.63, 3.8) is 0 Å². The number of nitrogens with one attached hydrogen (secondary N) is 3. The maximum Gasteiger partial charge on any atom is 0.227 e. The van der Waals surface area contributed by atoms with Crippen molar-refractivity contribution in [1.82, 2.24) is 10.6 Å². The molecule has 0 aliphatic heterocycles. The van der Waals surface area contributed by atoms with Crippen molar-refractivity contribution in [2.24, 2.45) is 10.9 Å². The fourth-order valence-electron chi connectivity index (χ4n) is 2.75. The number of carbonyl (C=O) groups is 1. The van der Waals surface area contributed by atoms with Gasteiger partial charge in [0.2, 0.25) is 5.91 Å². The second-order valence-corrected chi connectivity index (χ2v) is 9.47. The van der Waals surface area contributed by atoms with Crippen molar-refractivity contribution in [2.45, 2.75) is 45.2 Å². The lowest BCUT2D eigenvalue weighted by Gasteiger charge is -2.24. The Kier molecular flexibility index (Phi) is 7.65. The Labute approximate surface area is 162 Å². The van der Waals surface area contributed by atoms with E-state index in [-0.39, 0.29) is 23.6 Å². The quantitative estimate of drug-likeness (QED) is 0.462. The molecule has 1 aliphatic rings. The van der Waals surface area contributed by atoms with E-state index in [0.717, 1.165) is 30.5 Å². The molecule has 0 saturated heterocycles. The van der Waals surface area contributed by atoms with Gasteiger partial charge in [0.1, 0.15) is 9.84 Å². The molecule has 27 heavy (non-hydrogen) atoms. The zero-order valence-electron chi connectivity index (χ0n) is 16.3. The molecule has 3 N–H and O–H groups in total. The maximum atomic E-state index is 12.1. The molecule has 1 unspecified atom stereocenters. The Morgan fingerprint density at radius 3 is 2.67 bits per heavy atom. The highest BCUT2D eigenvalue weighted by atomic mass is 32.2. The highest BCUT2D eigenvalue weighted by Gasteiger charge is 2.25. The Morgan fingerprint density at radius 2 is 2.07 bits per heavy atom. The van der Waals surface area contributed by atoms with Gasteiger partial charge >= 0.3 is 0 Å². The van der Waals surface area contributed by atoms with Crippen LogP contribution in [0.5, 0.6) is 0 Å². The van der Waals surface area contributed by atoms with Crippen molar-refractivity contribution in [2.75, 3.05) is 24.4 Å². The molecular weight excluding hydrogens is 364 g/mol. The van der Waals surface area contributed by atoms with Crippen LogP contribution in [0.15, 0.2) is 29.3 Å². The Morgan fingerprint density at radius 1 is 1.33 bits per heavy atom. The van der Waals surface area contributed by atoms with Crippen LogP contribution < -0.4 is 16.0 Å². The topological polar surface area (TPSA) is 99.7 Å². The average Bonchev–Trinajstić information content (AvgIpc) is 2.54. The molecule has 0 bridgehead atoms. The molecule has 1 atom stereocenters. The van der Waals surface area contributed by atoms with Gasteiger partial charge in [0.15, 0.2) is 5.96 Å². The minimum Gasteiger partial charge on any atom is -0.354 e. The van der Waals surface area contributed by atoms with Crippen molar-refractivity contribution >= 4 is 27.4 Å². The molecule has 1 aliphatic carbocycles. The molecule has 8 heteroatoms.